The molecule has 1 unspecified atom stereocenters. The lowest BCUT2D eigenvalue weighted by Gasteiger charge is -2.15. The maximum atomic E-state index is 13.6. The Morgan fingerprint density at radius 2 is 2.21 bits per heavy atom. The summed E-state index contributed by atoms with van der Waals surface area (Å²) in [5.41, 5.74) is 6.16. The van der Waals surface area contributed by atoms with Crippen LogP contribution in [-0.4, -0.2) is 27.2 Å². The lowest BCUT2D eigenvalue weighted by molar-refractivity contribution is -0.117. The fraction of sp³-hybridized carbons (Fsp3) is 0.250. The van der Waals surface area contributed by atoms with Crippen molar-refractivity contribution in [1.82, 2.24) is 9.97 Å². The van der Waals surface area contributed by atoms with E-state index < -0.39 is 5.82 Å². The molecule has 1 atom stereocenters. The molecule has 7 heteroatoms. The summed E-state index contributed by atoms with van der Waals surface area (Å²) in [6, 6.07) is 4.50. The zero-order valence-corrected chi connectivity index (χ0v) is 11.4. The van der Waals surface area contributed by atoms with E-state index in [1.807, 2.05) is 0 Å². The van der Waals surface area contributed by atoms with Crippen LogP contribution in [0.5, 0.6) is 0 Å². The van der Waals surface area contributed by atoms with Gasteiger partial charge in [0.2, 0.25) is 11.9 Å². The zero-order chi connectivity index (χ0) is 13.6. The predicted octanol–water partition coefficient (Wildman–Crippen LogP) is 1.85. The van der Waals surface area contributed by atoms with Crippen LogP contribution in [0.15, 0.2) is 18.2 Å². The molecule has 0 radical (unpaired) electrons. The SMILES string of the molecule is Nc1nc(N2CC(Br)CC2=O)nc2cccc(F)c12. The molecule has 1 aliphatic rings. The van der Waals surface area contributed by atoms with Crippen LogP contribution < -0.4 is 10.6 Å². The van der Waals surface area contributed by atoms with Crippen molar-refractivity contribution in [2.75, 3.05) is 17.2 Å². The first-order chi connectivity index (χ1) is 9.06. The molecule has 2 heterocycles. The van der Waals surface area contributed by atoms with Crippen molar-refractivity contribution >= 4 is 44.5 Å². The van der Waals surface area contributed by atoms with Crippen LogP contribution in [0, 0.1) is 5.82 Å². The molecule has 1 amide bonds. The van der Waals surface area contributed by atoms with E-state index in [9.17, 15) is 9.18 Å². The Morgan fingerprint density at radius 1 is 1.42 bits per heavy atom. The highest BCUT2D eigenvalue weighted by Gasteiger charge is 2.31. The van der Waals surface area contributed by atoms with Crippen molar-refractivity contribution < 1.29 is 9.18 Å². The Labute approximate surface area is 116 Å². The number of halogens is 2. The monoisotopic (exact) mass is 324 g/mol. The van der Waals surface area contributed by atoms with Gasteiger partial charge < -0.3 is 5.73 Å². The molecule has 0 saturated carbocycles. The summed E-state index contributed by atoms with van der Waals surface area (Å²) in [5, 5.41) is 0.188. The molecule has 0 bridgehead atoms. The number of carbonyl (C=O) groups is 1. The number of carbonyl (C=O) groups excluding carboxylic acids is 1. The van der Waals surface area contributed by atoms with E-state index in [0.29, 0.717) is 18.5 Å². The molecule has 1 aliphatic heterocycles. The average Bonchev–Trinajstić information content (AvgIpc) is 2.68. The number of nitrogens with zero attached hydrogens (tertiary/aromatic N) is 3. The smallest absolute Gasteiger partial charge is 0.234 e. The number of benzene rings is 1. The maximum Gasteiger partial charge on any atom is 0.234 e. The Hall–Kier alpha value is -1.76. The third-order valence-electron chi connectivity index (χ3n) is 3.01. The number of alkyl halides is 1. The number of fused-ring (bicyclic) bond motifs is 1. The van der Waals surface area contributed by atoms with Gasteiger partial charge in [0.05, 0.1) is 10.9 Å². The van der Waals surface area contributed by atoms with E-state index in [4.69, 9.17) is 5.73 Å². The average molecular weight is 325 g/mol. The van der Waals surface area contributed by atoms with Crippen LogP contribution in [0.2, 0.25) is 0 Å². The number of hydrogen-bond acceptors (Lipinski definition) is 4. The molecule has 1 aromatic heterocycles. The standard InChI is InChI=1S/C12H10BrFN4O/c13-6-4-9(19)18(5-6)12-16-8-3-1-2-7(14)10(8)11(15)17-12/h1-3,6H,4-5H2,(H2,15,16,17). The molecular formula is C12H10BrFN4O. The molecule has 5 nitrogen and oxygen atoms in total. The van der Waals surface area contributed by atoms with E-state index in [1.54, 1.807) is 12.1 Å². The van der Waals surface area contributed by atoms with Gasteiger partial charge in [0, 0.05) is 17.8 Å². The third-order valence-corrected chi connectivity index (χ3v) is 3.62. The van der Waals surface area contributed by atoms with Gasteiger partial charge in [0.1, 0.15) is 11.6 Å². The van der Waals surface area contributed by atoms with Gasteiger partial charge in [-0.2, -0.15) is 4.98 Å². The number of rotatable bonds is 1. The van der Waals surface area contributed by atoms with Crippen LogP contribution >= 0.6 is 15.9 Å². The van der Waals surface area contributed by atoms with Gasteiger partial charge in [-0.1, -0.05) is 22.0 Å². The summed E-state index contributed by atoms with van der Waals surface area (Å²) in [7, 11) is 0. The number of hydrogen-bond donors (Lipinski definition) is 1. The highest BCUT2D eigenvalue weighted by atomic mass is 79.9. The van der Waals surface area contributed by atoms with E-state index in [0.717, 1.165) is 0 Å². The Bertz CT molecular complexity index is 678. The van der Waals surface area contributed by atoms with E-state index in [-0.39, 0.29) is 27.9 Å². The first-order valence-corrected chi connectivity index (χ1v) is 6.64. The molecule has 3 rings (SSSR count). The minimum Gasteiger partial charge on any atom is -0.383 e. The second-order valence-electron chi connectivity index (χ2n) is 4.35. The van der Waals surface area contributed by atoms with E-state index in [2.05, 4.69) is 25.9 Å². The molecule has 2 aromatic rings. The second kappa shape index (κ2) is 4.41. The van der Waals surface area contributed by atoms with Crippen molar-refractivity contribution in [3.8, 4) is 0 Å². The van der Waals surface area contributed by atoms with Crippen LogP contribution in [0.1, 0.15) is 6.42 Å². The highest BCUT2D eigenvalue weighted by molar-refractivity contribution is 9.09. The second-order valence-corrected chi connectivity index (χ2v) is 5.64. The topological polar surface area (TPSA) is 72.1 Å². The maximum absolute atomic E-state index is 13.6. The molecule has 1 aromatic carbocycles. The summed E-state index contributed by atoms with van der Waals surface area (Å²) in [6.07, 6.45) is 0.393. The van der Waals surface area contributed by atoms with Crippen molar-refractivity contribution in [2.24, 2.45) is 0 Å². The predicted molar refractivity (Wildman–Crippen MR) is 73.6 cm³/mol. The van der Waals surface area contributed by atoms with Crippen molar-refractivity contribution in [3.05, 3.63) is 24.0 Å². The van der Waals surface area contributed by atoms with Gasteiger partial charge in [-0.05, 0) is 12.1 Å². The Kier molecular flexibility index (Phi) is 2.85. The van der Waals surface area contributed by atoms with Gasteiger partial charge >= 0.3 is 0 Å². The quantitative estimate of drug-likeness (QED) is 0.812. The summed E-state index contributed by atoms with van der Waals surface area (Å²) in [4.78, 5) is 21.6. The fourth-order valence-electron chi connectivity index (χ4n) is 2.13. The number of nitrogen functional groups attached to an aromatic ring is 1. The third kappa shape index (κ3) is 2.03. The number of anilines is 2. The van der Waals surface area contributed by atoms with Crippen molar-refractivity contribution in [1.29, 1.82) is 0 Å². The van der Waals surface area contributed by atoms with Gasteiger partial charge in [-0.25, -0.2) is 9.37 Å². The zero-order valence-electron chi connectivity index (χ0n) is 9.81. The van der Waals surface area contributed by atoms with Crippen LogP contribution in [0.4, 0.5) is 16.2 Å². The number of nitrogens with two attached hydrogens (primary N) is 1. The van der Waals surface area contributed by atoms with Crippen LogP contribution in [0.3, 0.4) is 0 Å². The fourth-order valence-corrected chi connectivity index (χ4v) is 2.70. The normalized spacial score (nSPS) is 19.4. The van der Waals surface area contributed by atoms with Crippen molar-refractivity contribution in [3.63, 3.8) is 0 Å². The Morgan fingerprint density at radius 3 is 2.89 bits per heavy atom. The molecule has 2 N–H and O–H groups in total. The summed E-state index contributed by atoms with van der Waals surface area (Å²) < 4.78 is 13.6. The lowest BCUT2D eigenvalue weighted by atomic mass is 10.2. The minimum atomic E-state index is -0.465. The van der Waals surface area contributed by atoms with Crippen molar-refractivity contribution in [2.45, 2.75) is 11.2 Å². The van der Waals surface area contributed by atoms with Gasteiger partial charge in [0.25, 0.3) is 0 Å². The van der Waals surface area contributed by atoms with E-state index >= 15 is 0 Å². The summed E-state index contributed by atoms with van der Waals surface area (Å²) in [5.74, 6) is -0.267. The highest BCUT2D eigenvalue weighted by Crippen LogP contribution is 2.27. The summed E-state index contributed by atoms with van der Waals surface area (Å²) in [6.45, 7) is 0.485. The van der Waals surface area contributed by atoms with Gasteiger partial charge in [-0.3, -0.25) is 9.69 Å². The molecule has 1 saturated heterocycles. The molecule has 0 spiro atoms. The van der Waals surface area contributed by atoms with Gasteiger partial charge in [0.15, 0.2) is 0 Å². The van der Waals surface area contributed by atoms with E-state index in [1.165, 1.54) is 11.0 Å². The minimum absolute atomic E-state index is 0.0453. The Balaban J connectivity index is 2.14. The first kappa shape index (κ1) is 12.3. The van der Waals surface area contributed by atoms with Crippen LogP contribution in [-0.2, 0) is 4.79 Å². The molecule has 1 fully saturated rings. The molecular weight excluding hydrogens is 315 g/mol. The largest absolute Gasteiger partial charge is 0.383 e. The molecule has 0 aliphatic carbocycles. The molecule has 19 heavy (non-hydrogen) atoms. The summed E-state index contributed by atoms with van der Waals surface area (Å²) >= 11 is 3.39. The lowest BCUT2D eigenvalue weighted by Crippen LogP contribution is -2.27. The van der Waals surface area contributed by atoms with Crippen LogP contribution in [0.25, 0.3) is 10.9 Å². The number of aromatic nitrogens is 2. The first-order valence-electron chi connectivity index (χ1n) is 5.72. The number of amides is 1. The van der Waals surface area contributed by atoms with Gasteiger partial charge in [-0.15, -0.1) is 0 Å². The molecule has 98 valence electrons.